The number of rotatable bonds is 19. The van der Waals surface area contributed by atoms with Crippen LogP contribution in [0.15, 0.2) is 72.8 Å². The van der Waals surface area contributed by atoms with Crippen molar-refractivity contribution in [1.82, 2.24) is 0 Å². The first kappa shape index (κ1) is 30.0. The van der Waals surface area contributed by atoms with Crippen LogP contribution in [0.5, 0.6) is 5.75 Å². The summed E-state index contributed by atoms with van der Waals surface area (Å²) in [6, 6.07) is 26.0. The van der Waals surface area contributed by atoms with Crippen molar-refractivity contribution in [2.45, 2.75) is 104 Å². The van der Waals surface area contributed by atoms with Gasteiger partial charge in [-0.3, -0.25) is 0 Å². The lowest BCUT2D eigenvalue weighted by Gasteiger charge is -2.15. The maximum absolute atomic E-state index is 6.18. The normalized spacial score (nSPS) is 12.0. The second kappa shape index (κ2) is 17.8. The molecule has 38 heavy (non-hydrogen) atoms. The molecule has 0 aromatic heterocycles. The van der Waals surface area contributed by atoms with E-state index in [-0.39, 0.29) is 6.10 Å². The molecular formula is C36H50O2. The van der Waals surface area contributed by atoms with E-state index in [1.165, 1.54) is 92.0 Å². The fourth-order valence-electron chi connectivity index (χ4n) is 4.99. The Balaban J connectivity index is 1.42. The summed E-state index contributed by atoms with van der Waals surface area (Å²) in [5.74, 6) is 0.930. The fraction of sp³-hybridized carbons (Fsp3) is 0.500. The van der Waals surface area contributed by atoms with Crippen LogP contribution < -0.4 is 4.74 Å². The first-order chi connectivity index (χ1) is 18.7. The molecule has 3 aromatic carbocycles. The SMILES string of the molecule is CCCCCCCCCCCCCOC(C)c1ccc(-c2ccccc2-c2ccc(OCCC)cc2)cc1. The Morgan fingerprint density at radius 2 is 1.03 bits per heavy atom. The molecular weight excluding hydrogens is 464 g/mol. The molecule has 206 valence electrons. The van der Waals surface area contributed by atoms with Crippen molar-refractivity contribution in [3.05, 3.63) is 78.4 Å². The van der Waals surface area contributed by atoms with Gasteiger partial charge in [-0.1, -0.05) is 139 Å². The van der Waals surface area contributed by atoms with Crippen LogP contribution in [0.25, 0.3) is 22.3 Å². The van der Waals surface area contributed by atoms with Crippen LogP contribution in [0.4, 0.5) is 0 Å². The minimum atomic E-state index is 0.123. The lowest BCUT2D eigenvalue weighted by molar-refractivity contribution is 0.0627. The van der Waals surface area contributed by atoms with Crippen LogP contribution >= 0.6 is 0 Å². The van der Waals surface area contributed by atoms with Crippen LogP contribution in [-0.2, 0) is 4.74 Å². The third kappa shape index (κ3) is 10.3. The lowest BCUT2D eigenvalue weighted by Crippen LogP contribution is -2.02. The smallest absolute Gasteiger partial charge is 0.119 e. The molecule has 0 radical (unpaired) electrons. The van der Waals surface area contributed by atoms with E-state index in [0.717, 1.165) is 31.8 Å². The summed E-state index contributed by atoms with van der Waals surface area (Å²) in [4.78, 5) is 0. The number of hydrogen-bond donors (Lipinski definition) is 0. The van der Waals surface area contributed by atoms with Gasteiger partial charge in [0.2, 0.25) is 0 Å². The van der Waals surface area contributed by atoms with Gasteiger partial charge in [-0.2, -0.15) is 0 Å². The van der Waals surface area contributed by atoms with Gasteiger partial charge in [0.25, 0.3) is 0 Å². The molecule has 2 nitrogen and oxygen atoms in total. The summed E-state index contributed by atoms with van der Waals surface area (Å²) in [6.07, 6.45) is 16.1. The molecule has 0 saturated heterocycles. The van der Waals surface area contributed by atoms with Crippen LogP contribution in [0.2, 0.25) is 0 Å². The van der Waals surface area contributed by atoms with Crippen LogP contribution in [0, 0.1) is 0 Å². The van der Waals surface area contributed by atoms with E-state index in [2.05, 4.69) is 93.6 Å². The molecule has 0 aliphatic rings. The van der Waals surface area contributed by atoms with Crippen molar-refractivity contribution in [2.24, 2.45) is 0 Å². The van der Waals surface area contributed by atoms with E-state index in [9.17, 15) is 0 Å². The van der Waals surface area contributed by atoms with Crippen molar-refractivity contribution < 1.29 is 9.47 Å². The predicted molar refractivity (Wildman–Crippen MR) is 164 cm³/mol. The average molecular weight is 515 g/mol. The first-order valence-electron chi connectivity index (χ1n) is 15.3. The molecule has 3 aromatic rings. The zero-order valence-corrected chi connectivity index (χ0v) is 24.2. The van der Waals surface area contributed by atoms with E-state index in [4.69, 9.17) is 9.47 Å². The Bertz CT molecular complexity index is 1010. The molecule has 0 fully saturated rings. The second-order valence-corrected chi connectivity index (χ2v) is 10.6. The Kier molecular flexibility index (Phi) is 14.1. The highest BCUT2D eigenvalue weighted by Gasteiger charge is 2.10. The van der Waals surface area contributed by atoms with Gasteiger partial charge < -0.3 is 9.47 Å². The molecule has 0 amide bonds. The molecule has 0 spiro atoms. The summed E-state index contributed by atoms with van der Waals surface area (Å²) in [6.45, 7) is 8.18. The van der Waals surface area contributed by atoms with Crippen molar-refractivity contribution in [3.63, 3.8) is 0 Å². The Hall–Kier alpha value is -2.58. The van der Waals surface area contributed by atoms with Crippen molar-refractivity contribution in [2.75, 3.05) is 13.2 Å². The van der Waals surface area contributed by atoms with Gasteiger partial charge in [-0.05, 0) is 59.7 Å². The van der Waals surface area contributed by atoms with Gasteiger partial charge in [0.15, 0.2) is 0 Å². The topological polar surface area (TPSA) is 18.5 Å². The van der Waals surface area contributed by atoms with E-state index >= 15 is 0 Å². The monoisotopic (exact) mass is 514 g/mol. The molecule has 1 atom stereocenters. The van der Waals surface area contributed by atoms with Gasteiger partial charge >= 0.3 is 0 Å². The lowest BCUT2D eigenvalue weighted by atomic mass is 9.94. The molecule has 0 N–H and O–H groups in total. The van der Waals surface area contributed by atoms with Gasteiger partial charge in [0.1, 0.15) is 5.75 Å². The van der Waals surface area contributed by atoms with E-state index in [1.54, 1.807) is 0 Å². The van der Waals surface area contributed by atoms with Crippen molar-refractivity contribution in [1.29, 1.82) is 0 Å². The second-order valence-electron chi connectivity index (χ2n) is 10.6. The van der Waals surface area contributed by atoms with E-state index in [1.807, 2.05) is 0 Å². The number of benzene rings is 3. The average Bonchev–Trinajstić information content (AvgIpc) is 2.97. The van der Waals surface area contributed by atoms with Crippen LogP contribution in [0.1, 0.15) is 109 Å². The molecule has 0 heterocycles. The fourth-order valence-corrected chi connectivity index (χ4v) is 4.99. The quantitative estimate of drug-likeness (QED) is 0.148. The van der Waals surface area contributed by atoms with Crippen LogP contribution in [-0.4, -0.2) is 13.2 Å². The first-order valence-corrected chi connectivity index (χ1v) is 15.3. The predicted octanol–water partition coefficient (Wildman–Crippen LogP) is 11.2. The largest absolute Gasteiger partial charge is 0.494 e. The molecule has 0 aliphatic heterocycles. The Labute approximate surface area is 232 Å². The molecule has 0 saturated carbocycles. The summed E-state index contributed by atoms with van der Waals surface area (Å²) >= 11 is 0. The van der Waals surface area contributed by atoms with Crippen LogP contribution in [0.3, 0.4) is 0 Å². The maximum Gasteiger partial charge on any atom is 0.119 e. The van der Waals surface area contributed by atoms with Crippen molar-refractivity contribution in [3.8, 4) is 28.0 Å². The zero-order chi connectivity index (χ0) is 26.8. The van der Waals surface area contributed by atoms with E-state index < -0.39 is 0 Å². The molecule has 1 unspecified atom stereocenters. The van der Waals surface area contributed by atoms with Crippen molar-refractivity contribution >= 4 is 0 Å². The van der Waals surface area contributed by atoms with Gasteiger partial charge in [0.05, 0.1) is 12.7 Å². The number of unbranched alkanes of at least 4 members (excludes halogenated alkanes) is 10. The Morgan fingerprint density at radius 3 is 1.55 bits per heavy atom. The molecule has 2 heteroatoms. The molecule has 0 aliphatic carbocycles. The number of ether oxygens (including phenoxy) is 2. The van der Waals surface area contributed by atoms with Gasteiger partial charge in [0, 0.05) is 6.61 Å². The summed E-state index contributed by atoms with van der Waals surface area (Å²) in [7, 11) is 0. The minimum Gasteiger partial charge on any atom is -0.494 e. The zero-order valence-electron chi connectivity index (χ0n) is 24.2. The standard InChI is InChI=1S/C36H50O2/c1-4-6-7-8-9-10-11-12-13-14-17-29-37-30(3)31-20-22-32(23-21-31)35-18-15-16-19-36(35)33-24-26-34(27-25-33)38-28-5-2/h15-16,18-27,30H,4-14,17,28-29H2,1-3H3. The highest BCUT2D eigenvalue weighted by atomic mass is 16.5. The number of hydrogen-bond acceptors (Lipinski definition) is 2. The van der Waals surface area contributed by atoms with Gasteiger partial charge in [-0.15, -0.1) is 0 Å². The summed E-state index contributed by atoms with van der Waals surface area (Å²) in [5, 5.41) is 0. The minimum absolute atomic E-state index is 0.123. The third-order valence-electron chi connectivity index (χ3n) is 7.37. The summed E-state index contributed by atoms with van der Waals surface area (Å²) in [5.41, 5.74) is 6.16. The Morgan fingerprint density at radius 1 is 0.526 bits per heavy atom. The summed E-state index contributed by atoms with van der Waals surface area (Å²) < 4.78 is 11.9. The molecule has 0 bridgehead atoms. The maximum atomic E-state index is 6.18. The molecule has 3 rings (SSSR count). The highest BCUT2D eigenvalue weighted by Crippen LogP contribution is 2.33. The van der Waals surface area contributed by atoms with E-state index in [0.29, 0.717) is 0 Å². The highest BCUT2D eigenvalue weighted by molar-refractivity contribution is 5.83. The third-order valence-corrected chi connectivity index (χ3v) is 7.37. The van der Waals surface area contributed by atoms with Gasteiger partial charge in [-0.25, -0.2) is 0 Å².